The van der Waals surface area contributed by atoms with E-state index in [9.17, 15) is 14.4 Å². The van der Waals surface area contributed by atoms with Gasteiger partial charge >= 0.3 is 0 Å². The van der Waals surface area contributed by atoms with Crippen LogP contribution in [0.5, 0.6) is 0 Å². The van der Waals surface area contributed by atoms with Crippen LogP contribution in [0.1, 0.15) is 32.1 Å². The largest absolute Gasteiger partial charge is 0.353 e. The minimum Gasteiger partial charge on any atom is -0.353 e. The lowest BCUT2D eigenvalue weighted by atomic mass is 10.1. The molecule has 0 spiro atoms. The molecule has 3 aromatic rings. The normalized spacial score (nSPS) is 13.9. The van der Waals surface area contributed by atoms with E-state index in [1.54, 1.807) is 0 Å². The lowest BCUT2D eigenvalue weighted by Gasteiger charge is -2.27. The van der Waals surface area contributed by atoms with E-state index in [1.165, 1.54) is 23.1 Å². The molecular weight excluding hydrogens is 441 g/mol. The van der Waals surface area contributed by atoms with Crippen LogP contribution in [0.3, 0.4) is 0 Å². The molecule has 0 bridgehead atoms. The summed E-state index contributed by atoms with van der Waals surface area (Å²) < 4.78 is 0. The molecule has 3 amide bonds. The molecule has 160 valence electrons. The molecule has 0 saturated carbocycles. The predicted octanol–water partition coefficient (Wildman–Crippen LogP) is 2.46. The zero-order valence-electron chi connectivity index (χ0n) is 16.4. The summed E-state index contributed by atoms with van der Waals surface area (Å²) in [5, 5.41) is 5.60. The number of benzene rings is 2. The summed E-state index contributed by atoms with van der Waals surface area (Å²) in [4.78, 5) is 45.7. The second-order valence-corrected chi connectivity index (χ2v) is 7.80. The number of fused-ring (bicyclic) bond motifs is 1. The molecule has 2 aromatic carbocycles. The lowest BCUT2D eigenvalue weighted by molar-refractivity contribution is -0.123. The highest BCUT2D eigenvalue weighted by Crippen LogP contribution is 2.21. The quantitative estimate of drug-likeness (QED) is 0.509. The highest BCUT2D eigenvalue weighted by molar-refractivity contribution is 6.34. The fourth-order valence-corrected chi connectivity index (χ4v) is 3.78. The van der Waals surface area contributed by atoms with Crippen molar-refractivity contribution in [3.8, 4) is 0 Å². The standard InChI is InChI=1S/C21H19Cl2N5O3/c22-9-12-1-4-16-17(7-12)27-18(26-16)10-25-20(30)13-2-3-14(15(23)8-13)21(31)28-6-5-24-19(29)11-28/h1-4,7-8H,5-6,9-11H2,(H,24,29)(H,25,30)(H,26,27). The second kappa shape index (κ2) is 8.95. The number of imidazole rings is 1. The number of aromatic nitrogens is 2. The summed E-state index contributed by atoms with van der Waals surface area (Å²) >= 11 is 12.1. The van der Waals surface area contributed by atoms with Crippen LogP contribution in [0, 0.1) is 0 Å². The van der Waals surface area contributed by atoms with Gasteiger partial charge in [-0.1, -0.05) is 17.7 Å². The van der Waals surface area contributed by atoms with Crippen LogP contribution < -0.4 is 10.6 Å². The number of nitrogens with one attached hydrogen (secondary N) is 3. The van der Waals surface area contributed by atoms with Crippen molar-refractivity contribution in [2.45, 2.75) is 12.4 Å². The minimum atomic E-state index is -0.347. The van der Waals surface area contributed by atoms with Gasteiger partial charge in [-0.05, 0) is 35.9 Å². The molecule has 1 aliphatic rings. The Hall–Kier alpha value is -3.10. The summed E-state index contributed by atoms with van der Waals surface area (Å²) in [6.45, 7) is 0.997. The Morgan fingerprint density at radius 3 is 2.77 bits per heavy atom. The number of hydrogen-bond acceptors (Lipinski definition) is 4. The number of piperazine rings is 1. The van der Waals surface area contributed by atoms with Gasteiger partial charge in [0.15, 0.2) is 0 Å². The molecular formula is C21H19Cl2N5O3. The molecule has 1 fully saturated rings. The maximum absolute atomic E-state index is 12.6. The first-order chi connectivity index (χ1) is 14.9. The average Bonchev–Trinajstić information content (AvgIpc) is 3.19. The first-order valence-corrected chi connectivity index (χ1v) is 10.5. The van der Waals surface area contributed by atoms with Crippen molar-refractivity contribution in [2.24, 2.45) is 0 Å². The van der Waals surface area contributed by atoms with E-state index in [1.807, 2.05) is 18.2 Å². The van der Waals surface area contributed by atoms with E-state index in [0.717, 1.165) is 16.6 Å². The third-order valence-electron chi connectivity index (χ3n) is 4.95. The molecule has 0 unspecified atom stereocenters. The Labute approximate surface area is 187 Å². The number of halogens is 2. The van der Waals surface area contributed by atoms with E-state index in [4.69, 9.17) is 23.2 Å². The van der Waals surface area contributed by atoms with Crippen LogP contribution in [0.25, 0.3) is 11.0 Å². The SMILES string of the molecule is O=C1CN(C(=O)c2ccc(C(=O)NCc3nc4ccc(CCl)cc4[nH]3)cc2Cl)CCN1. The number of rotatable bonds is 5. The second-order valence-electron chi connectivity index (χ2n) is 7.12. The van der Waals surface area contributed by atoms with Gasteiger partial charge < -0.3 is 20.5 Å². The van der Waals surface area contributed by atoms with Gasteiger partial charge in [-0.25, -0.2) is 4.98 Å². The van der Waals surface area contributed by atoms with Crippen LogP contribution in [0.15, 0.2) is 36.4 Å². The van der Waals surface area contributed by atoms with E-state index in [0.29, 0.717) is 30.4 Å². The molecule has 31 heavy (non-hydrogen) atoms. The molecule has 3 N–H and O–H groups in total. The highest BCUT2D eigenvalue weighted by Gasteiger charge is 2.24. The van der Waals surface area contributed by atoms with Gasteiger partial charge in [0.25, 0.3) is 11.8 Å². The average molecular weight is 460 g/mol. The summed E-state index contributed by atoms with van der Waals surface area (Å²) in [5.74, 6) is 0.115. The molecule has 1 aliphatic heterocycles. The Bertz CT molecular complexity index is 1180. The van der Waals surface area contributed by atoms with Gasteiger partial charge in [0.2, 0.25) is 5.91 Å². The van der Waals surface area contributed by atoms with E-state index >= 15 is 0 Å². The fraction of sp³-hybridized carbons (Fsp3) is 0.238. The first-order valence-electron chi connectivity index (χ1n) is 9.62. The van der Waals surface area contributed by atoms with Crippen molar-refractivity contribution in [3.05, 3.63) is 63.9 Å². The Morgan fingerprint density at radius 1 is 1.19 bits per heavy atom. The maximum Gasteiger partial charge on any atom is 0.255 e. The Balaban J connectivity index is 1.42. The lowest BCUT2D eigenvalue weighted by Crippen LogP contribution is -2.50. The van der Waals surface area contributed by atoms with Crippen LogP contribution in [-0.2, 0) is 17.2 Å². The number of hydrogen-bond donors (Lipinski definition) is 3. The summed E-state index contributed by atoms with van der Waals surface area (Å²) in [7, 11) is 0. The van der Waals surface area contributed by atoms with Crippen LogP contribution in [0.4, 0.5) is 0 Å². The number of alkyl halides is 1. The van der Waals surface area contributed by atoms with E-state index in [2.05, 4.69) is 20.6 Å². The number of carbonyl (C=O) groups excluding carboxylic acids is 3. The van der Waals surface area contributed by atoms with E-state index < -0.39 is 0 Å². The van der Waals surface area contributed by atoms with Crippen molar-refractivity contribution in [3.63, 3.8) is 0 Å². The van der Waals surface area contributed by atoms with Crippen molar-refractivity contribution in [2.75, 3.05) is 19.6 Å². The number of nitrogens with zero attached hydrogens (tertiary/aromatic N) is 2. The first kappa shape index (κ1) is 21.1. The van der Waals surface area contributed by atoms with Gasteiger partial charge in [0.1, 0.15) is 5.82 Å². The van der Waals surface area contributed by atoms with Gasteiger partial charge in [-0.2, -0.15) is 0 Å². The molecule has 10 heteroatoms. The summed E-state index contributed by atoms with van der Waals surface area (Å²) in [6.07, 6.45) is 0. The smallest absolute Gasteiger partial charge is 0.255 e. The van der Waals surface area contributed by atoms with E-state index in [-0.39, 0.29) is 41.4 Å². The third kappa shape index (κ3) is 4.65. The molecule has 1 aromatic heterocycles. The van der Waals surface area contributed by atoms with Gasteiger partial charge in [0.05, 0.1) is 34.7 Å². The zero-order chi connectivity index (χ0) is 22.0. The molecule has 0 aliphatic carbocycles. The minimum absolute atomic E-state index is 0.0126. The molecule has 8 nitrogen and oxygen atoms in total. The Morgan fingerprint density at radius 2 is 2.03 bits per heavy atom. The predicted molar refractivity (Wildman–Crippen MR) is 117 cm³/mol. The number of carbonyl (C=O) groups is 3. The van der Waals surface area contributed by atoms with Crippen molar-refractivity contribution in [1.29, 1.82) is 0 Å². The number of aromatic amines is 1. The molecule has 0 radical (unpaired) electrons. The Kier molecular flexibility index (Phi) is 6.11. The fourth-order valence-electron chi connectivity index (χ4n) is 3.35. The number of amides is 3. The topological polar surface area (TPSA) is 107 Å². The van der Waals surface area contributed by atoms with Crippen molar-refractivity contribution < 1.29 is 14.4 Å². The number of H-pyrrole nitrogens is 1. The zero-order valence-corrected chi connectivity index (χ0v) is 17.9. The third-order valence-corrected chi connectivity index (χ3v) is 5.57. The molecule has 0 atom stereocenters. The van der Waals surface area contributed by atoms with Crippen molar-refractivity contribution in [1.82, 2.24) is 25.5 Å². The molecule has 4 rings (SSSR count). The van der Waals surface area contributed by atoms with Crippen LogP contribution >= 0.6 is 23.2 Å². The van der Waals surface area contributed by atoms with Crippen LogP contribution in [-0.4, -0.2) is 52.2 Å². The van der Waals surface area contributed by atoms with Gasteiger partial charge in [0, 0.05) is 24.5 Å². The highest BCUT2D eigenvalue weighted by atomic mass is 35.5. The maximum atomic E-state index is 12.6. The summed E-state index contributed by atoms with van der Waals surface area (Å²) in [5.41, 5.74) is 3.18. The summed E-state index contributed by atoms with van der Waals surface area (Å²) in [6, 6.07) is 10.2. The van der Waals surface area contributed by atoms with Gasteiger partial charge in [-0.3, -0.25) is 14.4 Å². The van der Waals surface area contributed by atoms with Crippen LogP contribution in [0.2, 0.25) is 5.02 Å². The van der Waals surface area contributed by atoms with Crippen molar-refractivity contribution >= 4 is 52.0 Å². The molecule has 2 heterocycles. The van der Waals surface area contributed by atoms with Gasteiger partial charge in [-0.15, -0.1) is 11.6 Å². The molecule has 1 saturated heterocycles. The monoisotopic (exact) mass is 459 g/mol.